The third-order valence-corrected chi connectivity index (χ3v) is 9.45. The van der Waals surface area contributed by atoms with Crippen LogP contribution in [0.25, 0.3) is 0 Å². The first-order valence-corrected chi connectivity index (χ1v) is 17.2. The second kappa shape index (κ2) is 19.7. The molecule has 0 spiro atoms. The van der Waals surface area contributed by atoms with Crippen LogP contribution in [-0.2, 0) is 25.5 Å². The van der Waals surface area contributed by atoms with Gasteiger partial charge in [0.25, 0.3) is 0 Å². The minimum absolute atomic E-state index is 0.200. The third kappa shape index (κ3) is 13.3. The van der Waals surface area contributed by atoms with E-state index in [1.165, 1.54) is 46.9 Å². The van der Waals surface area contributed by atoms with Crippen LogP contribution < -0.4 is 25.8 Å². The fourth-order valence-corrected chi connectivity index (χ4v) is 5.97. The largest absolute Gasteiger partial charge is 0.490 e. The number of methoxy groups -OCH3 is 1. The number of amides is 2. The lowest BCUT2D eigenvalue weighted by atomic mass is 9.85. The van der Waals surface area contributed by atoms with Gasteiger partial charge in [-0.05, 0) is 124 Å². The topological polar surface area (TPSA) is 144 Å². The first kappa shape index (κ1) is 40.2. The fraction of sp³-hybridized carbons (Fsp3) is 0.514. The molecule has 0 aliphatic rings. The van der Waals surface area contributed by atoms with Crippen molar-refractivity contribution >= 4 is 36.2 Å². The average molecular weight is 682 g/mol. The summed E-state index contributed by atoms with van der Waals surface area (Å²) >= 11 is 1.46. The smallest absolute Gasteiger partial charge is 0.328 e. The van der Waals surface area contributed by atoms with Crippen LogP contribution in [0.1, 0.15) is 79.8 Å². The maximum Gasteiger partial charge on any atom is 0.328 e. The number of esters is 1. The number of benzene rings is 2. The summed E-state index contributed by atoms with van der Waals surface area (Å²) in [4.78, 5) is 42.3. The Morgan fingerprint density at radius 2 is 1.67 bits per heavy atom. The van der Waals surface area contributed by atoms with Crippen molar-refractivity contribution in [1.29, 1.82) is 0 Å². The normalized spacial score (nSPS) is 13.1. The van der Waals surface area contributed by atoms with Gasteiger partial charge < -0.3 is 25.8 Å². The summed E-state index contributed by atoms with van der Waals surface area (Å²) in [5.41, 5.74) is 14.1. The molecule has 5 N–H and O–H groups in total. The Labute approximate surface area is 291 Å². The van der Waals surface area contributed by atoms with Gasteiger partial charge in [0, 0.05) is 11.4 Å². The molecule has 11 heteroatoms. The van der Waals surface area contributed by atoms with Crippen LogP contribution >= 0.6 is 11.9 Å². The van der Waals surface area contributed by atoms with E-state index in [-0.39, 0.29) is 17.8 Å². The number of guanidine groups is 1. The second-order valence-corrected chi connectivity index (χ2v) is 14.1. The number of carbonyl (C=O) groups excluding carboxylic acids is 3. The molecular formula is C37H55N5O5S. The summed E-state index contributed by atoms with van der Waals surface area (Å²) < 4.78 is 13.7. The van der Waals surface area contributed by atoms with E-state index in [1.54, 1.807) is 12.2 Å². The van der Waals surface area contributed by atoms with Crippen molar-refractivity contribution in [2.24, 2.45) is 16.1 Å². The Morgan fingerprint density at radius 1 is 0.979 bits per heavy atom. The van der Waals surface area contributed by atoms with E-state index in [0.29, 0.717) is 32.4 Å². The number of nitrogens with one attached hydrogen (secondary N) is 3. The third-order valence-electron chi connectivity index (χ3n) is 8.32. The second-order valence-electron chi connectivity index (χ2n) is 13.2. The lowest BCUT2D eigenvalue weighted by Crippen LogP contribution is -2.50. The molecule has 0 fully saturated rings. The van der Waals surface area contributed by atoms with Gasteiger partial charge in [-0.25, -0.2) is 4.79 Å². The Kier molecular flexibility index (Phi) is 16.5. The molecule has 2 aromatic rings. The summed E-state index contributed by atoms with van der Waals surface area (Å²) in [7, 11) is 1.26. The van der Waals surface area contributed by atoms with Crippen LogP contribution in [-0.4, -0.2) is 56.6 Å². The molecule has 0 radical (unpaired) electrons. The molecule has 0 aromatic heterocycles. The predicted molar refractivity (Wildman–Crippen MR) is 195 cm³/mol. The van der Waals surface area contributed by atoms with Crippen molar-refractivity contribution in [3.8, 4) is 5.75 Å². The summed E-state index contributed by atoms with van der Waals surface area (Å²) in [6, 6.07) is 5.91. The molecule has 2 unspecified atom stereocenters. The predicted octanol–water partition coefficient (Wildman–Crippen LogP) is 5.70. The minimum atomic E-state index is -0.921. The van der Waals surface area contributed by atoms with Gasteiger partial charge in [0.2, 0.25) is 12.3 Å². The first-order valence-electron chi connectivity index (χ1n) is 16.4. The molecule has 2 amide bonds. The van der Waals surface area contributed by atoms with Gasteiger partial charge in [-0.15, -0.1) is 0 Å². The zero-order chi connectivity index (χ0) is 35.9. The number of hydrogen-bond acceptors (Lipinski definition) is 7. The quantitative estimate of drug-likeness (QED) is 0.0299. The number of carbonyl (C=O) groups is 3. The molecule has 0 bridgehead atoms. The summed E-state index contributed by atoms with van der Waals surface area (Å²) in [5.74, 6) is -0.0654. The van der Waals surface area contributed by atoms with Gasteiger partial charge in [-0.1, -0.05) is 50.6 Å². The lowest BCUT2D eigenvalue weighted by Gasteiger charge is -2.23. The van der Waals surface area contributed by atoms with Crippen molar-refractivity contribution in [1.82, 2.24) is 15.4 Å². The summed E-state index contributed by atoms with van der Waals surface area (Å²) in [5, 5.41) is 5.24. The van der Waals surface area contributed by atoms with Crippen LogP contribution in [0, 0.1) is 40.0 Å². The standard InChI is InChI=1S/C37H55N5O5S/c1-24-15-17-29(18-16-24)47-22-11-10-13-32(35(45)46-9)41-34(44)31(40-23-43)14-12-21-39-36(38)42-48-33-27(4)25(2)26(3)30(28(33)5)19-20-37(6,7)8/h10-11,15-18,23,31-32H,12-14,19-22H2,1-9H3,(H,40,43)(H,41,44)(H3,38,39,42)/b11-10-. The lowest BCUT2D eigenvalue weighted by molar-refractivity contribution is -0.145. The van der Waals surface area contributed by atoms with Crippen LogP contribution in [0.3, 0.4) is 0 Å². The Morgan fingerprint density at radius 3 is 2.29 bits per heavy atom. The summed E-state index contributed by atoms with van der Waals surface area (Å²) in [6.45, 7) is 18.1. The van der Waals surface area contributed by atoms with Gasteiger partial charge in [0.1, 0.15) is 24.4 Å². The van der Waals surface area contributed by atoms with Crippen molar-refractivity contribution in [3.05, 3.63) is 69.8 Å². The van der Waals surface area contributed by atoms with E-state index in [1.807, 2.05) is 31.2 Å². The number of aliphatic imine (C=N–C) groups is 1. The SMILES string of the molecule is COC(=O)C(C/C=C\COc1ccc(C)cc1)NC(=O)C(CCCN=C(N)NSc1c(C)c(C)c(C)c(CCC(C)(C)C)c1C)NC=O. The number of nitrogens with zero attached hydrogens (tertiary/aromatic N) is 1. The average Bonchev–Trinajstić information content (AvgIpc) is 3.04. The molecule has 0 aliphatic heterocycles. The highest BCUT2D eigenvalue weighted by Gasteiger charge is 2.25. The van der Waals surface area contributed by atoms with E-state index < -0.39 is 24.0 Å². The minimum Gasteiger partial charge on any atom is -0.490 e. The van der Waals surface area contributed by atoms with E-state index in [9.17, 15) is 14.4 Å². The number of ether oxygens (including phenoxy) is 2. The van der Waals surface area contributed by atoms with Crippen LogP contribution in [0.2, 0.25) is 0 Å². The fourth-order valence-electron chi connectivity index (χ4n) is 5.12. The molecule has 10 nitrogen and oxygen atoms in total. The molecule has 0 saturated heterocycles. The molecule has 2 aromatic carbocycles. The number of rotatable bonds is 18. The van der Waals surface area contributed by atoms with E-state index >= 15 is 0 Å². The van der Waals surface area contributed by atoms with Gasteiger partial charge >= 0.3 is 5.97 Å². The van der Waals surface area contributed by atoms with Crippen LogP contribution in [0.4, 0.5) is 0 Å². The van der Waals surface area contributed by atoms with Crippen LogP contribution in [0.15, 0.2) is 46.3 Å². The molecular weight excluding hydrogens is 627 g/mol. The Bertz CT molecular complexity index is 1430. The van der Waals surface area contributed by atoms with Crippen molar-refractivity contribution in [2.45, 2.75) is 104 Å². The molecule has 264 valence electrons. The summed E-state index contributed by atoms with van der Waals surface area (Å²) in [6.07, 6.45) is 7.08. The van der Waals surface area contributed by atoms with Gasteiger partial charge in [-0.2, -0.15) is 0 Å². The van der Waals surface area contributed by atoms with Crippen molar-refractivity contribution < 1.29 is 23.9 Å². The molecule has 2 rings (SSSR count). The van der Waals surface area contributed by atoms with Gasteiger partial charge in [-0.3, -0.25) is 19.3 Å². The molecule has 2 atom stereocenters. The van der Waals surface area contributed by atoms with Crippen molar-refractivity contribution in [2.75, 3.05) is 20.3 Å². The van der Waals surface area contributed by atoms with Gasteiger partial charge in [0.15, 0.2) is 5.96 Å². The molecule has 0 heterocycles. The molecule has 0 aliphatic carbocycles. The zero-order valence-corrected chi connectivity index (χ0v) is 30.9. The highest BCUT2D eigenvalue weighted by atomic mass is 32.2. The van der Waals surface area contributed by atoms with E-state index in [0.717, 1.165) is 29.1 Å². The molecule has 48 heavy (non-hydrogen) atoms. The molecule has 0 saturated carbocycles. The highest BCUT2D eigenvalue weighted by Crippen LogP contribution is 2.34. The first-order chi connectivity index (χ1) is 22.7. The van der Waals surface area contributed by atoms with E-state index in [4.69, 9.17) is 15.2 Å². The number of nitrogens with two attached hydrogens (primary N) is 1. The van der Waals surface area contributed by atoms with Crippen LogP contribution in [0.5, 0.6) is 5.75 Å². The number of hydrogen-bond donors (Lipinski definition) is 4. The maximum atomic E-state index is 13.0. The van der Waals surface area contributed by atoms with E-state index in [2.05, 4.69) is 68.8 Å². The Balaban J connectivity index is 1.93. The zero-order valence-electron chi connectivity index (χ0n) is 30.1. The maximum absolute atomic E-state index is 13.0. The Hall–Kier alpha value is -3.99. The monoisotopic (exact) mass is 681 g/mol. The number of aryl methyl sites for hydroxylation is 1. The van der Waals surface area contributed by atoms with Gasteiger partial charge in [0.05, 0.1) is 7.11 Å². The highest BCUT2D eigenvalue weighted by molar-refractivity contribution is 7.98. The van der Waals surface area contributed by atoms with Crippen molar-refractivity contribution in [3.63, 3.8) is 0 Å².